The maximum absolute atomic E-state index is 12.2. The fourth-order valence-electron chi connectivity index (χ4n) is 7.99. The van der Waals surface area contributed by atoms with Gasteiger partial charge in [-0.3, -0.25) is 9.35 Å². The summed E-state index contributed by atoms with van der Waals surface area (Å²) < 4.78 is 153. The van der Waals surface area contributed by atoms with Crippen molar-refractivity contribution in [2.75, 3.05) is 56.4 Å². The maximum Gasteiger partial charge on any atom is 0.303 e. The van der Waals surface area contributed by atoms with Gasteiger partial charge >= 0.3 is 5.97 Å². The highest BCUT2D eigenvalue weighted by molar-refractivity contribution is 7.86. The Hall–Kier alpha value is -3.84. The van der Waals surface area contributed by atoms with E-state index in [0.717, 1.165) is 6.07 Å². The fraction of sp³-hybridized carbons (Fsp3) is 0.500. The minimum absolute atomic E-state index is 0.00236. The Morgan fingerprint density at radius 1 is 0.774 bits per heavy atom. The van der Waals surface area contributed by atoms with Gasteiger partial charge in [-0.15, -0.1) is 0 Å². The van der Waals surface area contributed by atoms with Gasteiger partial charge < -0.3 is 33.1 Å². The number of rotatable bonds is 25. The third-order valence-corrected chi connectivity index (χ3v) is 14.3. The minimum Gasteiger partial charge on any atom is -0.748 e. The summed E-state index contributed by atoms with van der Waals surface area (Å²) in [6, 6.07) is 7.84. The van der Waals surface area contributed by atoms with Crippen LogP contribution in [0.5, 0.6) is 0 Å². The van der Waals surface area contributed by atoms with Crippen LogP contribution in [0, 0.1) is 0 Å². The molecular weight excluding hydrogens is 893 g/mol. The van der Waals surface area contributed by atoms with Crippen LogP contribution >= 0.6 is 0 Å². The molecule has 0 radical (unpaired) electrons. The van der Waals surface area contributed by atoms with Crippen LogP contribution in [0.1, 0.15) is 76.3 Å². The Bertz CT molecular complexity index is 2550. The molecule has 4 rings (SSSR count). The number of hydrogen-bond acceptors (Lipinski definition) is 15. The lowest BCUT2D eigenvalue weighted by Gasteiger charge is -2.30. The number of carbonyl (C=O) groups is 1. The van der Waals surface area contributed by atoms with Gasteiger partial charge in [-0.1, -0.05) is 24.6 Å². The summed E-state index contributed by atoms with van der Waals surface area (Å²) in [4.78, 5) is 12.2. The van der Waals surface area contributed by atoms with E-state index in [1.165, 1.54) is 31.4 Å². The molecule has 0 amide bonds. The Morgan fingerprint density at radius 3 is 2.05 bits per heavy atom. The van der Waals surface area contributed by atoms with Crippen molar-refractivity contribution in [1.82, 2.24) is 0 Å². The quantitative estimate of drug-likeness (QED) is 0.0617. The molecule has 0 spiro atoms. The highest BCUT2D eigenvalue weighted by Gasteiger charge is 2.48. The van der Waals surface area contributed by atoms with E-state index in [9.17, 15) is 56.7 Å². The number of anilines is 1. The van der Waals surface area contributed by atoms with Crippen LogP contribution in [-0.4, -0.2) is 125 Å². The lowest BCUT2D eigenvalue weighted by atomic mass is 9.76. The van der Waals surface area contributed by atoms with Crippen molar-refractivity contribution < 1.29 is 75.8 Å². The predicted octanol–water partition coefficient (Wildman–Crippen LogP) is 3.93. The number of unbranched alkanes of at least 4 members (excludes halogenated alkanes) is 2. The van der Waals surface area contributed by atoms with Crippen molar-refractivity contribution in [3.05, 3.63) is 83.6 Å². The number of ether oxygens (including phenoxy) is 2. The number of nitrogens with zero attached hydrogens (tertiary/aromatic N) is 2. The second-order valence-electron chi connectivity index (χ2n) is 15.5. The molecule has 0 saturated heterocycles. The lowest BCUT2D eigenvalue weighted by Crippen LogP contribution is -2.32. The zero-order chi connectivity index (χ0) is 46.1. The van der Waals surface area contributed by atoms with Crippen LogP contribution in [0.25, 0.3) is 0 Å². The molecule has 0 saturated carbocycles. The van der Waals surface area contributed by atoms with Crippen molar-refractivity contribution in [1.29, 1.82) is 0 Å². The van der Waals surface area contributed by atoms with E-state index < -0.39 is 78.6 Å². The van der Waals surface area contributed by atoms with Crippen LogP contribution in [0.3, 0.4) is 0 Å². The first-order chi connectivity index (χ1) is 28.8. The molecule has 2 unspecified atom stereocenters. The molecule has 2 aromatic rings. The van der Waals surface area contributed by atoms with Crippen LogP contribution in [-0.2, 0) is 65.6 Å². The van der Waals surface area contributed by atoms with Crippen LogP contribution in [0.15, 0.2) is 82.3 Å². The molecular formula is C40H52N2O16S4-2. The highest BCUT2D eigenvalue weighted by atomic mass is 32.2. The van der Waals surface area contributed by atoms with Gasteiger partial charge in [-0.2, -0.15) is 13.0 Å². The fourth-order valence-corrected chi connectivity index (χ4v) is 9.98. The van der Waals surface area contributed by atoms with E-state index in [1.807, 2.05) is 17.9 Å². The Morgan fingerprint density at radius 2 is 1.44 bits per heavy atom. The number of hydrogen-bond donors (Lipinski definition) is 2. The SMILES string of the molecule is COCCOCCC1(C)C(=CC=CC=CC2=[N+](CCCS(=O)(=O)O)c3ccc(S(=O)(=O)[O-])cc3C2(C)CCCS(=O)(=O)[O-])N(CCCCCC(=O)O)c2ccc(S(=O)(=O)[O-])cc21. The number of benzene rings is 2. The van der Waals surface area contributed by atoms with Gasteiger partial charge in [0.1, 0.15) is 26.8 Å². The minimum atomic E-state index is -4.95. The monoisotopic (exact) mass is 944 g/mol. The zero-order valence-corrected chi connectivity index (χ0v) is 37.9. The van der Waals surface area contributed by atoms with E-state index in [1.54, 1.807) is 41.9 Å². The topological polar surface area (TPSA) is 288 Å². The Labute approximate surface area is 363 Å². The lowest BCUT2D eigenvalue weighted by molar-refractivity contribution is -0.437. The summed E-state index contributed by atoms with van der Waals surface area (Å²) in [6.45, 7) is 4.84. The van der Waals surface area contributed by atoms with Gasteiger partial charge in [-0.05, 0) is 87.9 Å². The number of carboxylic acids is 1. The molecule has 0 aliphatic carbocycles. The number of allylic oxidation sites excluding steroid dienone is 6. The average Bonchev–Trinajstić information content (AvgIpc) is 3.52. The molecule has 0 bridgehead atoms. The number of aliphatic carboxylic acids is 1. The van der Waals surface area contributed by atoms with Crippen molar-refractivity contribution >= 4 is 63.5 Å². The summed E-state index contributed by atoms with van der Waals surface area (Å²) in [5.41, 5.74) is 1.01. The Balaban J connectivity index is 1.83. The standard InChI is InChI=1S/C40H54N2O16S4/c1-39(19-10-26-59(45,46)47)32-28-30(61(51,52)53)15-17-34(32)42(22-11-27-60(48,49)50)36(39)12-6-4-7-13-37-40(2,20-23-58-25-24-57-3)33-29-31(62(54,55)56)16-18-35(33)41(37)21-9-5-8-14-38(43)44/h4,6-7,12-13,15-18,28-29H,5,8-11,14,19-27H2,1-3H3,(H4-,43,44,45,46,47,48,49,50,51,52,53,54,55,56)/p-2. The number of carboxylic acid groups (broad SMARTS) is 1. The molecule has 22 heteroatoms. The van der Waals surface area contributed by atoms with Crippen molar-refractivity contribution in [2.45, 2.75) is 85.8 Å². The summed E-state index contributed by atoms with van der Waals surface area (Å²) in [5.74, 6) is -2.26. The molecule has 2 aliphatic rings. The molecule has 2 atom stereocenters. The van der Waals surface area contributed by atoms with E-state index in [0.29, 0.717) is 79.4 Å². The Kier molecular flexibility index (Phi) is 17.0. The third-order valence-electron chi connectivity index (χ3n) is 11.0. The first-order valence-electron chi connectivity index (χ1n) is 19.7. The molecule has 0 aromatic heterocycles. The summed E-state index contributed by atoms with van der Waals surface area (Å²) >= 11 is 0. The second kappa shape index (κ2) is 20.8. The first-order valence-corrected chi connectivity index (χ1v) is 25.7. The van der Waals surface area contributed by atoms with Crippen LogP contribution in [0.4, 0.5) is 11.4 Å². The van der Waals surface area contributed by atoms with Crippen LogP contribution < -0.4 is 4.90 Å². The normalized spacial score (nSPS) is 20.2. The van der Waals surface area contributed by atoms with Crippen molar-refractivity contribution in [3.63, 3.8) is 0 Å². The van der Waals surface area contributed by atoms with Gasteiger partial charge in [0.2, 0.25) is 5.69 Å². The number of methoxy groups -OCH3 is 1. The van der Waals surface area contributed by atoms with Crippen LogP contribution in [0.2, 0.25) is 0 Å². The van der Waals surface area contributed by atoms with Gasteiger partial charge in [0.25, 0.3) is 10.1 Å². The van der Waals surface area contributed by atoms with Gasteiger partial charge in [0.15, 0.2) is 5.71 Å². The zero-order valence-electron chi connectivity index (χ0n) is 34.6. The molecule has 18 nitrogen and oxygen atoms in total. The smallest absolute Gasteiger partial charge is 0.303 e. The maximum atomic E-state index is 12.2. The molecule has 2 aliphatic heterocycles. The highest BCUT2D eigenvalue weighted by Crippen LogP contribution is 2.51. The molecule has 2 heterocycles. The van der Waals surface area contributed by atoms with E-state index >= 15 is 0 Å². The summed E-state index contributed by atoms with van der Waals surface area (Å²) in [6.07, 6.45) is 10.2. The molecule has 62 heavy (non-hydrogen) atoms. The average molecular weight is 945 g/mol. The van der Waals surface area contributed by atoms with Crippen molar-refractivity contribution in [3.8, 4) is 0 Å². The molecule has 2 aromatic carbocycles. The first kappa shape index (κ1) is 50.8. The molecule has 0 fully saturated rings. The van der Waals surface area contributed by atoms with Gasteiger partial charge in [0, 0.05) is 73.4 Å². The molecule has 2 N–H and O–H groups in total. The van der Waals surface area contributed by atoms with Gasteiger partial charge in [-0.25, -0.2) is 25.3 Å². The van der Waals surface area contributed by atoms with Gasteiger partial charge in [0.05, 0.1) is 44.3 Å². The third kappa shape index (κ3) is 13.3. The summed E-state index contributed by atoms with van der Waals surface area (Å²) in [7, 11) is -17.3. The van der Waals surface area contributed by atoms with E-state index in [2.05, 4.69) is 0 Å². The number of fused-ring (bicyclic) bond motifs is 2. The predicted molar refractivity (Wildman–Crippen MR) is 225 cm³/mol. The van der Waals surface area contributed by atoms with E-state index in [-0.39, 0.29) is 38.8 Å². The van der Waals surface area contributed by atoms with Crippen molar-refractivity contribution in [2.24, 2.45) is 0 Å². The molecule has 344 valence electrons. The summed E-state index contributed by atoms with van der Waals surface area (Å²) in [5, 5.41) is 9.14. The van der Waals surface area contributed by atoms with E-state index in [4.69, 9.17) is 14.6 Å². The second-order valence-corrected chi connectivity index (χ2v) is 21.3. The largest absolute Gasteiger partial charge is 0.748 e.